The highest BCUT2D eigenvalue weighted by Crippen LogP contribution is 2.42. The molecule has 11 rings (SSSR count). The van der Waals surface area contributed by atoms with Gasteiger partial charge in [0.2, 0.25) is 0 Å². The SMILES string of the molecule is c1ccc(-c2cc(-c3cc(-c4ccc5ccc6cccnc6c5n4)cc(-c4ccc5ccc6cccc7ccc4c5c67)c3)cc(-c3ccccn3)n2)nc1. The lowest BCUT2D eigenvalue weighted by atomic mass is 9.88. The number of hydrogen-bond acceptors (Lipinski definition) is 5. The molecule has 0 spiro atoms. The fourth-order valence-electron chi connectivity index (χ4n) is 7.96. The first kappa shape index (κ1) is 30.3. The second kappa shape index (κ2) is 12.1. The van der Waals surface area contributed by atoms with Gasteiger partial charge in [-0.2, -0.15) is 0 Å². The third kappa shape index (κ3) is 4.98. The van der Waals surface area contributed by atoms with Crippen LogP contribution in [0.4, 0.5) is 0 Å². The highest BCUT2D eigenvalue weighted by Gasteiger charge is 2.17. The van der Waals surface area contributed by atoms with Crippen LogP contribution in [0.25, 0.3) is 110 Å². The van der Waals surface area contributed by atoms with Gasteiger partial charge in [-0.1, -0.05) is 91.0 Å². The van der Waals surface area contributed by atoms with E-state index >= 15 is 0 Å². The minimum absolute atomic E-state index is 0.782. The van der Waals surface area contributed by atoms with Crippen molar-refractivity contribution in [1.82, 2.24) is 24.9 Å². The van der Waals surface area contributed by atoms with E-state index in [0.717, 1.165) is 72.5 Å². The standard InChI is InChI=1S/C49H29N5/c1-3-22-50-42(10-1)44-28-36(29-45(53-44)43-11-2-4-23-51-43)35-25-37(39-19-16-32-13-12-30-7-5-8-31-17-20-40(39)47(32)46(30)31)27-38(26-35)41-21-18-34-15-14-33-9-6-24-52-48(33)49(34)54-41/h1-29H. The fourth-order valence-corrected chi connectivity index (χ4v) is 7.96. The Morgan fingerprint density at radius 1 is 0.296 bits per heavy atom. The van der Waals surface area contributed by atoms with Gasteiger partial charge in [0.05, 0.1) is 39.5 Å². The Kier molecular flexibility index (Phi) is 6.79. The Bertz CT molecular complexity index is 3140. The summed E-state index contributed by atoms with van der Waals surface area (Å²) in [6.45, 7) is 0. The lowest BCUT2D eigenvalue weighted by Gasteiger charge is -2.17. The smallest absolute Gasteiger partial charge is 0.0972 e. The molecular weight excluding hydrogens is 659 g/mol. The van der Waals surface area contributed by atoms with Gasteiger partial charge in [0, 0.05) is 34.9 Å². The van der Waals surface area contributed by atoms with Crippen LogP contribution in [0.15, 0.2) is 176 Å². The highest BCUT2D eigenvalue weighted by molar-refractivity contribution is 6.25. The predicted octanol–water partition coefficient (Wildman–Crippen LogP) is 12.2. The van der Waals surface area contributed by atoms with Gasteiger partial charge < -0.3 is 0 Å². The van der Waals surface area contributed by atoms with Gasteiger partial charge in [-0.3, -0.25) is 15.0 Å². The Labute approximate surface area is 310 Å². The maximum Gasteiger partial charge on any atom is 0.0972 e. The Hall–Kier alpha value is -7.37. The average molecular weight is 688 g/mol. The van der Waals surface area contributed by atoms with Crippen LogP contribution in [0.5, 0.6) is 0 Å². The number of aromatic nitrogens is 5. The fraction of sp³-hybridized carbons (Fsp3) is 0. The van der Waals surface area contributed by atoms with Gasteiger partial charge in [0.25, 0.3) is 0 Å². The molecule has 0 aliphatic rings. The molecule has 0 aliphatic carbocycles. The third-order valence-corrected chi connectivity index (χ3v) is 10.5. The summed E-state index contributed by atoms with van der Waals surface area (Å²) in [7, 11) is 0. The summed E-state index contributed by atoms with van der Waals surface area (Å²) in [5.41, 5.74) is 11.2. The maximum absolute atomic E-state index is 5.31. The first-order valence-electron chi connectivity index (χ1n) is 18.1. The molecule has 0 fully saturated rings. The van der Waals surface area contributed by atoms with E-state index in [1.807, 2.05) is 48.7 Å². The van der Waals surface area contributed by atoms with Crippen molar-refractivity contribution >= 4 is 54.1 Å². The quantitative estimate of drug-likeness (QED) is 0.169. The Morgan fingerprint density at radius 3 is 1.61 bits per heavy atom. The van der Waals surface area contributed by atoms with Gasteiger partial charge in [0.1, 0.15) is 0 Å². The first-order chi connectivity index (χ1) is 26.7. The largest absolute Gasteiger partial charge is 0.255 e. The third-order valence-electron chi connectivity index (χ3n) is 10.5. The number of hydrogen-bond donors (Lipinski definition) is 0. The normalized spacial score (nSPS) is 11.7. The molecule has 5 aromatic heterocycles. The molecule has 0 amide bonds. The minimum atomic E-state index is 0.782. The zero-order valence-electron chi connectivity index (χ0n) is 29.0. The lowest BCUT2D eigenvalue weighted by Crippen LogP contribution is -1.95. The molecular formula is C49H29N5. The van der Waals surface area contributed by atoms with Crippen molar-refractivity contribution in [2.24, 2.45) is 0 Å². The maximum atomic E-state index is 5.31. The van der Waals surface area contributed by atoms with Crippen molar-refractivity contribution in [1.29, 1.82) is 0 Å². The molecule has 6 aromatic carbocycles. The number of rotatable bonds is 5. The Morgan fingerprint density at radius 2 is 0.870 bits per heavy atom. The molecule has 5 heteroatoms. The van der Waals surface area contributed by atoms with Crippen molar-refractivity contribution < 1.29 is 0 Å². The van der Waals surface area contributed by atoms with Crippen molar-refractivity contribution in [3.63, 3.8) is 0 Å². The van der Waals surface area contributed by atoms with E-state index in [2.05, 4.69) is 125 Å². The molecule has 0 radical (unpaired) electrons. The van der Waals surface area contributed by atoms with Crippen molar-refractivity contribution in [3.05, 3.63) is 176 Å². The van der Waals surface area contributed by atoms with Crippen LogP contribution in [0.3, 0.4) is 0 Å². The van der Waals surface area contributed by atoms with Crippen LogP contribution >= 0.6 is 0 Å². The van der Waals surface area contributed by atoms with Gasteiger partial charge in [-0.25, -0.2) is 9.97 Å². The molecule has 5 heterocycles. The van der Waals surface area contributed by atoms with Crippen LogP contribution in [0, 0.1) is 0 Å². The number of benzene rings is 6. The van der Waals surface area contributed by atoms with Crippen LogP contribution in [-0.2, 0) is 0 Å². The molecule has 0 atom stereocenters. The van der Waals surface area contributed by atoms with E-state index in [4.69, 9.17) is 15.0 Å². The van der Waals surface area contributed by atoms with E-state index in [0.29, 0.717) is 0 Å². The van der Waals surface area contributed by atoms with Crippen molar-refractivity contribution in [2.45, 2.75) is 0 Å². The first-order valence-corrected chi connectivity index (χ1v) is 18.1. The molecule has 0 aliphatic heterocycles. The molecule has 5 nitrogen and oxygen atoms in total. The van der Waals surface area contributed by atoms with Gasteiger partial charge in [-0.05, 0) is 121 Å². The van der Waals surface area contributed by atoms with Crippen LogP contribution < -0.4 is 0 Å². The van der Waals surface area contributed by atoms with Gasteiger partial charge in [0.15, 0.2) is 0 Å². The number of pyridine rings is 5. The zero-order chi connectivity index (χ0) is 35.6. The van der Waals surface area contributed by atoms with Crippen molar-refractivity contribution in [2.75, 3.05) is 0 Å². The minimum Gasteiger partial charge on any atom is -0.255 e. The molecule has 11 aromatic rings. The molecule has 0 saturated carbocycles. The summed E-state index contributed by atoms with van der Waals surface area (Å²) in [5, 5.41) is 9.67. The summed E-state index contributed by atoms with van der Waals surface area (Å²) in [5.74, 6) is 0. The van der Waals surface area contributed by atoms with E-state index in [9.17, 15) is 0 Å². The highest BCUT2D eigenvalue weighted by atomic mass is 14.8. The topological polar surface area (TPSA) is 64.5 Å². The molecule has 0 unspecified atom stereocenters. The van der Waals surface area contributed by atoms with E-state index in [-0.39, 0.29) is 0 Å². The summed E-state index contributed by atoms with van der Waals surface area (Å²) in [6, 6.07) is 55.6. The average Bonchev–Trinajstić information content (AvgIpc) is 3.25. The molecule has 0 bridgehead atoms. The van der Waals surface area contributed by atoms with Crippen LogP contribution in [-0.4, -0.2) is 24.9 Å². The molecule has 0 saturated heterocycles. The Balaban J connectivity index is 1.19. The molecule has 250 valence electrons. The summed E-state index contributed by atoms with van der Waals surface area (Å²) in [6.07, 6.45) is 5.45. The molecule has 0 N–H and O–H groups in total. The lowest BCUT2D eigenvalue weighted by molar-refractivity contribution is 1.22. The summed E-state index contributed by atoms with van der Waals surface area (Å²) in [4.78, 5) is 24.5. The predicted molar refractivity (Wildman–Crippen MR) is 221 cm³/mol. The van der Waals surface area contributed by atoms with Gasteiger partial charge >= 0.3 is 0 Å². The van der Waals surface area contributed by atoms with Crippen LogP contribution in [0.1, 0.15) is 0 Å². The number of nitrogens with zero attached hydrogens (tertiary/aromatic N) is 5. The van der Waals surface area contributed by atoms with E-state index in [1.165, 1.54) is 37.9 Å². The second-order valence-electron chi connectivity index (χ2n) is 13.7. The zero-order valence-corrected chi connectivity index (χ0v) is 29.0. The monoisotopic (exact) mass is 687 g/mol. The van der Waals surface area contributed by atoms with Gasteiger partial charge in [-0.15, -0.1) is 0 Å². The number of fused-ring (bicyclic) bond motifs is 3. The van der Waals surface area contributed by atoms with Crippen molar-refractivity contribution in [3.8, 4) is 56.3 Å². The molecule has 54 heavy (non-hydrogen) atoms. The van der Waals surface area contributed by atoms with E-state index in [1.54, 1.807) is 12.4 Å². The summed E-state index contributed by atoms with van der Waals surface area (Å²) < 4.78 is 0. The van der Waals surface area contributed by atoms with E-state index < -0.39 is 0 Å². The van der Waals surface area contributed by atoms with Crippen LogP contribution in [0.2, 0.25) is 0 Å². The summed E-state index contributed by atoms with van der Waals surface area (Å²) >= 11 is 0. The second-order valence-corrected chi connectivity index (χ2v) is 13.7.